The average molecular weight is 392 g/mol. The van der Waals surface area contributed by atoms with E-state index in [-0.39, 0.29) is 30.0 Å². The molecule has 0 saturated carbocycles. The first-order valence-electron chi connectivity index (χ1n) is 7.79. The highest BCUT2D eigenvalue weighted by Crippen LogP contribution is 2.37. The van der Waals surface area contributed by atoms with Gasteiger partial charge in [-0.1, -0.05) is 12.1 Å². The highest BCUT2D eigenvalue weighted by Gasteiger charge is 2.55. The smallest absolute Gasteiger partial charge is 0.379 e. The van der Waals surface area contributed by atoms with E-state index in [9.17, 15) is 31.5 Å². The lowest BCUT2D eigenvalue weighted by molar-refractivity contribution is -0.271. The van der Waals surface area contributed by atoms with E-state index >= 15 is 0 Å². The van der Waals surface area contributed by atoms with Crippen molar-refractivity contribution >= 4 is 15.9 Å². The molecule has 1 aliphatic rings. The Hall–Kier alpha value is -1.91. The van der Waals surface area contributed by atoms with Crippen molar-refractivity contribution < 1.29 is 31.5 Å². The first-order chi connectivity index (χ1) is 12.0. The molecule has 1 fully saturated rings. The van der Waals surface area contributed by atoms with Crippen LogP contribution in [0, 0.1) is 0 Å². The maximum Gasteiger partial charge on any atom is 0.418 e. The van der Waals surface area contributed by atoms with Gasteiger partial charge in [0, 0.05) is 18.7 Å². The van der Waals surface area contributed by atoms with Crippen LogP contribution >= 0.6 is 0 Å². The van der Waals surface area contributed by atoms with E-state index in [4.69, 9.17) is 0 Å². The van der Waals surface area contributed by atoms with Gasteiger partial charge in [0.15, 0.2) is 5.60 Å². The number of nitrogens with one attached hydrogen (secondary N) is 1. The number of nitrogens with zero attached hydrogens (tertiary/aromatic N) is 1. The topological polar surface area (TPSA) is 86.7 Å². The Morgan fingerprint density at radius 3 is 2.73 bits per heavy atom. The van der Waals surface area contributed by atoms with Crippen LogP contribution in [-0.4, -0.2) is 55.7 Å². The van der Waals surface area contributed by atoms with Crippen LogP contribution in [0.25, 0.3) is 0 Å². The Morgan fingerprint density at radius 2 is 2.12 bits per heavy atom. The number of alkyl halides is 3. The van der Waals surface area contributed by atoms with Crippen molar-refractivity contribution in [1.82, 2.24) is 9.62 Å². The number of hydrogen-bond acceptors (Lipinski definition) is 4. The SMILES string of the molecule is C=CCNS(=O)(=O)c1cccc(C(=O)N2CCCC(O)(C(F)(F)F)C2)c1. The molecule has 144 valence electrons. The summed E-state index contributed by atoms with van der Waals surface area (Å²) in [6, 6.07) is 5.01. The molecule has 0 bridgehead atoms. The summed E-state index contributed by atoms with van der Waals surface area (Å²) in [5.41, 5.74) is -3.03. The number of carbonyl (C=O) groups excluding carboxylic acids is 1. The molecule has 26 heavy (non-hydrogen) atoms. The third-order valence-electron chi connectivity index (χ3n) is 4.09. The first-order valence-corrected chi connectivity index (χ1v) is 9.27. The summed E-state index contributed by atoms with van der Waals surface area (Å²) >= 11 is 0. The van der Waals surface area contributed by atoms with Crippen molar-refractivity contribution in [3.8, 4) is 0 Å². The van der Waals surface area contributed by atoms with Crippen molar-refractivity contribution in [2.45, 2.75) is 29.5 Å². The van der Waals surface area contributed by atoms with Crippen LogP contribution in [0.2, 0.25) is 0 Å². The van der Waals surface area contributed by atoms with Crippen LogP contribution in [0.15, 0.2) is 41.8 Å². The largest absolute Gasteiger partial charge is 0.418 e. The predicted molar refractivity (Wildman–Crippen MR) is 88.0 cm³/mol. The van der Waals surface area contributed by atoms with Gasteiger partial charge in [-0.25, -0.2) is 13.1 Å². The fraction of sp³-hybridized carbons (Fsp3) is 0.438. The Labute approximate surface area is 149 Å². The van der Waals surface area contributed by atoms with E-state index in [1.807, 2.05) is 0 Å². The van der Waals surface area contributed by atoms with Crippen LogP contribution in [-0.2, 0) is 10.0 Å². The molecule has 2 N–H and O–H groups in total. The fourth-order valence-electron chi connectivity index (χ4n) is 2.67. The number of rotatable bonds is 5. The van der Waals surface area contributed by atoms with Crippen molar-refractivity contribution in [1.29, 1.82) is 0 Å². The van der Waals surface area contributed by atoms with E-state index < -0.39 is 40.7 Å². The maximum atomic E-state index is 13.0. The summed E-state index contributed by atoms with van der Waals surface area (Å²) < 4.78 is 65.5. The molecule has 1 atom stereocenters. The van der Waals surface area contributed by atoms with Gasteiger partial charge < -0.3 is 10.0 Å². The van der Waals surface area contributed by atoms with Crippen molar-refractivity contribution in [2.24, 2.45) is 0 Å². The van der Waals surface area contributed by atoms with Gasteiger partial charge in [-0.05, 0) is 31.0 Å². The minimum atomic E-state index is -4.86. The summed E-state index contributed by atoms with van der Waals surface area (Å²) in [4.78, 5) is 13.2. The quantitative estimate of drug-likeness (QED) is 0.747. The minimum Gasteiger partial charge on any atom is -0.379 e. The molecular weight excluding hydrogens is 373 g/mol. The second-order valence-corrected chi connectivity index (χ2v) is 7.79. The molecule has 0 spiro atoms. The maximum absolute atomic E-state index is 13.0. The zero-order chi connectivity index (χ0) is 19.6. The van der Waals surface area contributed by atoms with Crippen molar-refractivity contribution in [2.75, 3.05) is 19.6 Å². The Kier molecular flexibility index (Phi) is 5.79. The highest BCUT2D eigenvalue weighted by atomic mass is 32.2. The highest BCUT2D eigenvalue weighted by molar-refractivity contribution is 7.89. The molecule has 6 nitrogen and oxygen atoms in total. The number of piperidine rings is 1. The summed E-state index contributed by atoms with van der Waals surface area (Å²) in [6.07, 6.45) is -4.01. The van der Waals surface area contributed by atoms with E-state index in [1.54, 1.807) is 0 Å². The lowest BCUT2D eigenvalue weighted by Crippen LogP contribution is -2.58. The Bertz CT molecular complexity index is 795. The Morgan fingerprint density at radius 1 is 1.42 bits per heavy atom. The van der Waals surface area contributed by atoms with E-state index in [1.165, 1.54) is 24.3 Å². The summed E-state index contributed by atoms with van der Waals surface area (Å²) in [7, 11) is -3.88. The molecule has 1 amide bonds. The number of benzene rings is 1. The molecule has 0 aromatic heterocycles. The van der Waals surface area contributed by atoms with Crippen LogP contribution in [0.5, 0.6) is 0 Å². The molecule has 1 aliphatic heterocycles. The molecular formula is C16H19F3N2O4S. The predicted octanol–water partition coefficient (Wildman–Crippen LogP) is 1.68. The monoisotopic (exact) mass is 392 g/mol. The molecule has 1 aromatic rings. The van der Waals surface area contributed by atoms with Gasteiger partial charge in [0.25, 0.3) is 5.91 Å². The average Bonchev–Trinajstić information content (AvgIpc) is 2.58. The van der Waals surface area contributed by atoms with Gasteiger partial charge >= 0.3 is 6.18 Å². The summed E-state index contributed by atoms with van der Waals surface area (Å²) in [6.45, 7) is 2.54. The summed E-state index contributed by atoms with van der Waals surface area (Å²) in [5.74, 6) is -0.770. The van der Waals surface area contributed by atoms with E-state index in [0.29, 0.717) is 0 Å². The number of likely N-dealkylation sites (tertiary alicyclic amines) is 1. The molecule has 0 radical (unpaired) electrons. The normalized spacial score (nSPS) is 21.5. The van der Waals surface area contributed by atoms with E-state index in [2.05, 4.69) is 11.3 Å². The Balaban J connectivity index is 2.25. The number of aliphatic hydroxyl groups is 1. The standard InChI is InChI=1S/C16H19F3N2O4S/c1-2-8-20-26(24,25)13-6-3-5-12(10-13)14(22)21-9-4-7-15(23,11-21)16(17,18)19/h2-3,5-6,10,20,23H,1,4,7-9,11H2. The van der Waals surface area contributed by atoms with Gasteiger partial charge in [0.05, 0.1) is 11.4 Å². The molecule has 0 aliphatic carbocycles. The molecule has 1 aromatic carbocycles. The first kappa shape index (κ1) is 20.4. The van der Waals surface area contributed by atoms with Crippen molar-refractivity contribution in [3.05, 3.63) is 42.5 Å². The van der Waals surface area contributed by atoms with Crippen LogP contribution < -0.4 is 4.72 Å². The van der Waals surface area contributed by atoms with Gasteiger partial charge in [-0.15, -0.1) is 6.58 Å². The molecule has 1 unspecified atom stereocenters. The molecule has 10 heteroatoms. The second kappa shape index (κ2) is 7.37. The lowest BCUT2D eigenvalue weighted by atomic mass is 9.92. The molecule has 1 heterocycles. The van der Waals surface area contributed by atoms with Crippen molar-refractivity contribution in [3.63, 3.8) is 0 Å². The third kappa shape index (κ3) is 4.25. The van der Waals surface area contributed by atoms with Gasteiger partial charge in [-0.3, -0.25) is 4.79 Å². The van der Waals surface area contributed by atoms with E-state index in [0.717, 1.165) is 11.0 Å². The van der Waals surface area contributed by atoms with Crippen LogP contribution in [0.1, 0.15) is 23.2 Å². The zero-order valence-electron chi connectivity index (χ0n) is 13.8. The van der Waals surface area contributed by atoms with Crippen LogP contribution in [0.4, 0.5) is 13.2 Å². The van der Waals surface area contributed by atoms with Gasteiger partial charge in [-0.2, -0.15) is 13.2 Å². The minimum absolute atomic E-state index is 0.00868. The number of hydrogen-bond donors (Lipinski definition) is 2. The van der Waals surface area contributed by atoms with Gasteiger partial charge in [0.1, 0.15) is 0 Å². The molecule has 1 saturated heterocycles. The number of sulfonamides is 1. The van der Waals surface area contributed by atoms with Gasteiger partial charge in [0.2, 0.25) is 10.0 Å². The lowest BCUT2D eigenvalue weighted by Gasteiger charge is -2.40. The summed E-state index contributed by atoms with van der Waals surface area (Å²) in [5, 5.41) is 9.82. The molecule has 2 rings (SSSR count). The number of carbonyl (C=O) groups is 1. The number of halogens is 3. The second-order valence-electron chi connectivity index (χ2n) is 6.03. The zero-order valence-corrected chi connectivity index (χ0v) is 14.6. The van der Waals surface area contributed by atoms with Crippen LogP contribution in [0.3, 0.4) is 0 Å². The number of β-amino-alcohol motifs (C(OH)–C–C–N with tert-alkyl or cyclic N) is 1. The number of amides is 1. The fourth-order valence-corrected chi connectivity index (χ4v) is 3.72. The third-order valence-corrected chi connectivity index (χ3v) is 5.52.